The Bertz CT molecular complexity index is 1450. The molecule has 16 nitrogen and oxygen atoms in total. The van der Waals surface area contributed by atoms with E-state index >= 15 is 0 Å². The molecule has 18 heteroatoms. The number of esters is 2. The van der Waals surface area contributed by atoms with Crippen LogP contribution in [0.25, 0.3) is 0 Å². The van der Waals surface area contributed by atoms with Gasteiger partial charge in [-0.3, -0.25) is 23.2 Å². The summed E-state index contributed by atoms with van der Waals surface area (Å²) in [6, 6.07) is 0. The Labute approximate surface area is 388 Å². The van der Waals surface area contributed by atoms with E-state index in [-0.39, 0.29) is 12.8 Å². The zero-order valence-corrected chi connectivity index (χ0v) is 40.9. The van der Waals surface area contributed by atoms with Crippen LogP contribution in [-0.4, -0.2) is 103 Å². The molecule has 65 heavy (non-hydrogen) atoms. The number of aliphatic hydroxyl groups is 4. The molecule has 5 unspecified atom stereocenters. The SMILES string of the molecule is CCCCC/C=C\C/C=C\C/C=C\CCCCCCC(=O)OC[C@H](COP(=O)(O)O[C@H]1C(O)C(O)C(O)[C@@H](OP(=O)(O)O)C1O)OC(=O)CCCCCCCCC/C=C\CCCCCC. The van der Waals surface area contributed by atoms with Crippen LogP contribution in [0.4, 0.5) is 0 Å². The van der Waals surface area contributed by atoms with E-state index in [2.05, 4.69) is 67.0 Å². The summed E-state index contributed by atoms with van der Waals surface area (Å²) >= 11 is 0. The monoisotopic (exact) mass is 967 g/mol. The molecule has 0 bridgehead atoms. The van der Waals surface area contributed by atoms with E-state index in [1.54, 1.807) is 0 Å². The quantitative estimate of drug-likeness (QED) is 0.0131. The highest BCUT2D eigenvalue weighted by molar-refractivity contribution is 7.47. The summed E-state index contributed by atoms with van der Waals surface area (Å²) in [5.41, 5.74) is 0. The lowest BCUT2D eigenvalue weighted by Crippen LogP contribution is -2.64. The third-order valence-electron chi connectivity index (χ3n) is 10.9. The Morgan fingerprint density at radius 3 is 1.40 bits per heavy atom. The Kier molecular flexibility index (Phi) is 35.5. The van der Waals surface area contributed by atoms with Crippen molar-refractivity contribution >= 4 is 27.6 Å². The van der Waals surface area contributed by atoms with Crippen LogP contribution in [0, 0.1) is 0 Å². The molecular formula is C47H84O16P2. The molecule has 0 aliphatic heterocycles. The number of carbonyl (C=O) groups excluding carboxylic acids is 2. The van der Waals surface area contributed by atoms with Gasteiger partial charge in [0.15, 0.2) is 6.10 Å². The minimum absolute atomic E-state index is 0.0329. The van der Waals surface area contributed by atoms with Crippen molar-refractivity contribution in [1.82, 2.24) is 0 Å². The molecule has 0 radical (unpaired) electrons. The van der Waals surface area contributed by atoms with Crippen molar-refractivity contribution in [3.8, 4) is 0 Å². The van der Waals surface area contributed by atoms with Gasteiger partial charge in [0, 0.05) is 12.8 Å². The predicted octanol–water partition coefficient (Wildman–Crippen LogP) is 9.29. The molecule has 0 spiro atoms. The Balaban J connectivity index is 2.60. The van der Waals surface area contributed by atoms with Crippen LogP contribution in [0.3, 0.4) is 0 Å². The molecule has 378 valence electrons. The van der Waals surface area contributed by atoms with Gasteiger partial charge >= 0.3 is 27.6 Å². The molecule has 0 saturated heterocycles. The molecule has 8 atom stereocenters. The van der Waals surface area contributed by atoms with Crippen molar-refractivity contribution in [2.75, 3.05) is 13.2 Å². The number of hydrogen-bond acceptors (Lipinski definition) is 13. The number of aliphatic hydroxyl groups excluding tert-OH is 4. The van der Waals surface area contributed by atoms with Gasteiger partial charge in [-0.25, -0.2) is 9.13 Å². The number of allylic oxidation sites excluding steroid dienone is 8. The van der Waals surface area contributed by atoms with Gasteiger partial charge in [-0.1, -0.05) is 140 Å². The maximum Gasteiger partial charge on any atom is 0.472 e. The number of rotatable bonds is 40. The topological polar surface area (TPSA) is 256 Å². The van der Waals surface area contributed by atoms with Gasteiger partial charge in [-0.05, 0) is 77.0 Å². The molecule has 1 aliphatic rings. The average molecular weight is 967 g/mol. The fraction of sp³-hybridized carbons (Fsp3) is 0.787. The average Bonchev–Trinajstić information content (AvgIpc) is 3.26. The number of hydrogen-bond donors (Lipinski definition) is 7. The number of phosphoric ester groups is 2. The highest BCUT2D eigenvalue weighted by Gasteiger charge is 2.54. The van der Waals surface area contributed by atoms with E-state index in [4.69, 9.17) is 18.5 Å². The van der Waals surface area contributed by atoms with Crippen molar-refractivity contribution in [3.63, 3.8) is 0 Å². The van der Waals surface area contributed by atoms with Crippen molar-refractivity contribution in [2.24, 2.45) is 0 Å². The summed E-state index contributed by atoms with van der Waals surface area (Å²) in [5, 5.41) is 41.2. The molecule has 0 aromatic heterocycles. The molecular weight excluding hydrogens is 882 g/mol. The summed E-state index contributed by atoms with van der Waals surface area (Å²) in [4.78, 5) is 54.3. The Hall–Kier alpha value is -2.04. The van der Waals surface area contributed by atoms with Gasteiger partial charge < -0.3 is 44.6 Å². The van der Waals surface area contributed by atoms with Crippen LogP contribution in [0.5, 0.6) is 0 Å². The van der Waals surface area contributed by atoms with Crippen LogP contribution in [0.1, 0.15) is 181 Å². The lowest BCUT2D eigenvalue weighted by molar-refractivity contribution is -0.216. The van der Waals surface area contributed by atoms with Gasteiger partial charge in [0.25, 0.3) is 0 Å². The van der Waals surface area contributed by atoms with E-state index in [1.807, 2.05) is 0 Å². The Morgan fingerprint density at radius 2 is 0.892 bits per heavy atom. The molecule has 0 aromatic carbocycles. The Morgan fingerprint density at radius 1 is 0.492 bits per heavy atom. The maximum absolute atomic E-state index is 13.0. The fourth-order valence-corrected chi connectivity index (χ4v) is 8.62. The highest BCUT2D eigenvalue weighted by atomic mass is 31.2. The predicted molar refractivity (Wildman–Crippen MR) is 250 cm³/mol. The highest BCUT2D eigenvalue weighted by Crippen LogP contribution is 2.49. The lowest BCUT2D eigenvalue weighted by Gasteiger charge is -2.43. The third-order valence-corrected chi connectivity index (χ3v) is 12.4. The second kappa shape index (κ2) is 37.9. The first-order valence-corrected chi connectivity index (χ1v) is 27.2. The fourth-order valence-electron chi connectivity index (χ4n) is 7.09. The lowest BCUT2D eigenvalue weighted by atomic mass is 9.85. The van der Waals surface area contributed by atoms with Crippen LogP contribution < -0.4 is 0 Å². The number of unbranched alkanes of at least 4 members (excludes halogenated alkanes) is 18. The van der Waals surface area contributed by atoms with Crippen molar-refractivity contribution in [1.29, 1.82) is 0 Å². The first kappa shape index (κ1) is 61.0. The summed E-state index contributed by atoms with van der Waals surface area (Å²) in [5.74, 6) is -1.24. The molecule has 1 fully saturated rings. The zero-order valence-electron chi connectivity index (χ0n) is 39.2. The molecule has 1 saturated carbocycles. The molecule has 1 aliphatic carbocycles. The molecule has 0 amide bonds. The third kappa shape index (κ3) is 32.4. The van der Waals surface area contributed by atoms with Crippen LogP contribution in [-0.2, 0) is 41.8 Å². The molecule has 7 N–H and O–H groups in total. The minimum atomic E-state index is -5.37. The first-order chi connectivity index (χ1) is 31.1. The minimum Gasteiger partial charge on any atom is -0.462 e. The first-order valence-electron chi connectivity index (χ1n) is 24.2. The summed E-state index contributed by atoms with van der Waals surface area (Å²) < 4.78 is 49.4. The van der Waals surface area contributed by atoms with Gasteiger partial charge in [0.1, 0.15) is 43.2 Å². The van der Waals surface area contributed by atoms with E-state index in [9.17, 15) is 53.8 Å². The largest absolute Gasteiger partial charge is 0.472 e. The standard InChI is InChI=1S/C47H84O16P2/c1-3-5-7-9-11-13-15-17-19-20-22-23-25-27-29-31-33-35-40(48)59-37-39(61-41(49)36-34-32-30-28-26-24-21-18-16-14-12-10-8-6-4-2)38-60-65(57,58)63-47-44(52)42(50)43(51)46(45(47)53)62-64(54,55)56/h11,13-14,16-17,19,22-23,39,42-47,50-53H,3-10,12,15,18,20-21,24-38H2,1-2H3,(H,57,58)(H2,54,55,56)/b13-11-,16-14-,19-17-,23-22-/t39-,42?,43?,44?,45?,46-,47+/m1/s1. The normalized spacial score (nSPS) is 22.0. The van der Waals surface area contributed by atoms with Crippen molar-refractivity contribution < 1.29 is 76.9 Å². The summed E-state index contributed by atoms with van der Waals surface area (Å²) in [6.45, 7) is 3.05. The molecule has 0 heterocycles. The second-order valence-electron chi connectivity index (χ2n) is 16.8. The number of carbonyl (C=O) groups is 2. The van der Waals surface area contributed by atoms with Crippen LogP contribution >= 0.6 is 15.6 Å². The molecule has 0 aromatic rings. The molecule has 1 rings (SSSR count). The van der Waals surface area contributed by atoms with Crippen molar-refractivity contribution in [3.05, 3.63) is 48.6 Å². The number of ether oxygens (including phenoxy) is 2. The van der Waals surface area contributed by atoms with Gasteiger partial charge in [0.05, 0.1) is 6.61 Å². The maximum atomic E-state index is 13.0. The van der Waals surface area contributed by atoms with E-state index in [0.29, 0.717) is 12.8 Å². The summed E-state index contributed by atoms with van der Waals surface area (Å²) in [7, 11) is -10.7. The number of phosphoric acid groups is 2. The van der Waals surface area contributed by atoms with Gasteiger partial charge in [-0.15, -0.1) is 0 Å². The smallest absolute Gasteiger partial charge is 0.462 e. The van der Waals surface area contributed by atoms with E-state index in [0.717, 1.165) is 96.3 Å². The van der Waals surface area contributed by atoms with Crippen molar-refractivity contribution in [2.45, 2.75) is 224 Å². The van der Waals surface area contributed by atoms with Crippen LogP contribution in [0.2, 0.25) is 0 Å². The van der Waals surface area contributed by atoms with E-state index in [1.165, 1.54) is 44.9 Å². The van der Waals surface area contributed by atoms with Gasteiger partial charge in [0.2, 0.25) is 0 Å². The van der Waals surface area contributed by atoms with Crippen LogP contribution in [0.15, 0.2) is 48.6 Å². The van der Waals surface area contributed by atoms with Gasteiger partial charge in [-0.2, -0.15) is 0 Å². The van der Waals surface area contributed by atoms with E-state index < -0.39 is 83.5 Å². The zero-order chi connectivity index (χ0) is 48.2. The second-order valence-corrected chi connectivity index (χ2v) is 19.4. The summed E-state index contributed by atoms with van der Waals surface area (Å²) in [6.07, 6.45) is 27.7.